The molecule has 0 saturated carbocycles. The summed E-state index contributed by atoms with van der Waals surface area (Å²) in [5.41, 5.74) is 4.90. The second kappa shape index (κ2) is 8.97. The Balaban J connectivity index is 1.48. The first-order valence-corrected chi connectivity index (χ1v) is 13.6. The van der Waals surface area contributed by atoms with Crippen LogP contribution in [0.3, 0.4) is 0 Å². The number of carbonyl (C=O) groups excluding carboxylic acids is 1. The SMILES string of the molecule is CC[C@]1(C[C@H]2CC(C(=O)OC)=C3Nc4ccccc4[C@@]34CCN(Cc3ccccc3)[C@@H]24)COC(C)(C)O1. The Morgan fingerprint density at radius 3 is 2.59 bits per heavy atom. The molecule has 196 valence electrons. The molecule has 4 aliphatic rings. The van der Waals surface area contributed by atoms with E-state index in [-0.39, 0.29) is 28.9 Å². The predicted molar refractivity (Wildman–Crippen MR) is 143 cm³/mol. The zero-order valence-electron chi connectivity index (χ0n) is 22.4. The molecule has 0 aromatic heterocycles. The number of fused-ring (bicyclic) bond motifs is 1. The topological polar surface area (TPSA) is 60.0 Å². The minimum absolute atomic E-state index is 0.203. The van der Waals surface area contributed by atoms with Crippen LogP contribution in [-0.2, 0) is 31.0 Å². The summed E-state index contributed by atoms with van der Waals surface area (Å²) in [6, 6.07) is 19.5. The van der Waals surface area contributed by atoms with Crippen molar-refractivity contribution in [2.75, 3.05) is 25.6 Å². The fourth-order valence-electron chi connectivity index (χ4n) is 7.64. The molecule has 0 bridgehead atoms. The van der Waals surface area contributed by atoms with Crippen molar-refractivity contribution in [1.29, 1.82) is 0 Å². The van der Waals surface area contributed by atoms with Crippen LogP contribution >= 0.6 is 0 Å². The fourth-order valence-corrected chi connectivity index (χ4v) is 7.64. The summed E-state index contributed by atoms with van der Waals surface area (Å²) in [5.74, 6) is -0.626. The maximum Gasteiger partial charge on any atom is 0.335 e. The van der Waals surface area contributed by atoms with Crippen molar-refractivity contribution in [3.05, 3.63) is 77.0 Å². The maximum absolute atomic E-state index is 13.3. The normalized spacial score (nSPS) is 32.0. The molecule has 2 aromatic rings. The molecule has 0 unspecified atom stereocenters. The van der Waals surface area contributed by atoms with E-state index in [4.69, 9.17) is 14.2 Å². The first kappa shape index (κ1) is 24.7. The molecule has 1 aliphatic carbocycles. The minimum Gasteiger partial charge on any atom is -0.466 e. The van der Waals surface area contributed by atoms with Gasteiger partial charge in [0.15, 0.2) is 5.79 Å². The van der Waals surface area contributed by atoms with Gasteiger partial charge in [0, 0.05) is 30.5 Å². The van der Waals surface area contributed by atoms with E-state index in [1.54, 1.807) is 0 Å². The highest BCUT2D eigenvalue weighted by Crippen LogP contribution is 2.60. The van der Waals surface area contributed by atoms with Gasteiger partial charge in [0.05, 0.1) is 30.3 Å². The molecule has 2 saturated heterocycles. The van der Waals surface area contributed by atoms with Gasteiger partial charge >= 0.3 is 5.97 Å². The summed E-state index contributed by atoms with van der Waals surface area (Å²) in [7, 11) is 1.49. The summed E-state index contributed by atoms with van der Waals surface area (Å²) in [6.45, 7) is 8.61. The molecule has 1 N–H and O–H groups in total. The molecule has 6 rings (SSSR count). The zero-order valence-corrected chi connectivity index (χ0v) is 22.4. The van der Waals surface area contributed by atoms with Gasteiger partial charge in [0.25, 0.3) is 0 Å². The van der Waals surface area contributed by atoms with Gasteiger partial charge in [-0.25, -0.2) is 4.79 Å². The predicted octanol–water partition coefficient (Wildman–Crippen LogP) is 5.39. The van der Waals surface area contributed by atoms with Gasteiger partial charge in [-0.1, -0.05) is 55.5 Å². The molecule has 2 fully saturated rings. The third-order valence-corrected chi connectivity index (χ3v) is 9.10. The van der Waals surface area contributed by atoms with E-state index < -0.39 is 5.79 Å². The molecular formula is C31H38N2O4. The van der Waals surface area contributed by atoms with Crippen molar-refractivity contribution < 1.29 is 19.0 Å². The van der Waals surface area contributed by atoms with Crippen LogP contribution in [0.2, 0.25) is 0 Å². The van der Waals surface area contributed by atoms with Gasteiger partial charge in [-0.05, 0) is 62.6 Å². The quantitative estimate of drug-likeness (QED) is 0.535. The monoisotopic (exact) mass is 502 g/mol. The van der Waals surface area contributed by atoms with Crippen LogP contribution < -0.4 is 5.32 Å². The van der Waals surface area contributed by atoms with Gasteiger partial charge in [0.2, 0.25) is 0 Å². The van der Waals surface area contributed by atoms with E-state index >= 15 is 0 Å². The lowest BCUT2D eigenvalue weighted by Gasteiger charge is -2.47. The third kappa shape index (κ3) is 3.92. The number of ether oxygens (including phenoxy) is 3. The lowest BCUT2D eigenvalue weighted by molar-refractivity contribution is -0.167. The summed E-state index contributed by atoms with van der Waals surface area (Å²) >= 11 is 0. The van der Waals surface area contributed by atoms with Gasteiger partial charge in [-0.15, -0.1) is 0 Å². The van der Waals surface area contributed by atoms with Gasteiger partial charge in [-0.3, -0.25) is 4.90 Å². The molecule has 3 heterocycles. The van der Waals surface area contributed by atoms with Crippen LogP contribution in [0.4, 0.5) is 5.69 Å². The minimum atomic E-state index is -0.602. The van der Waals surface area contributed by atoms with E-state index in [0.29, 0.717) is 13.0 Å². The first-order chi connectivity index (χ1) is 17.8. The number of para-hydroxylation sites is 1. The molecule has 0 radical (unpaired) electrons. The average Bonchev–Trinajstić information content (AvgIpc) is 3.55. The highest BCUT2D eigenvalue weighted by atomic mass is 16.8. The molecule has 3 aliphatic heterocycles. The van der Waals surface area contributed by atoms with Gasteiger partial charge in [-0.2, -0.15) is 0 Å². The third-order valence-electron chi connectivity index (χ3n) is 9.10. The second-order valence-corrected chi connectivity index (χ2v) is 11.6. The fraction of sp³-hybridized carbons (Fsp3) is 0.516. The number of nitrogens with zero attached hydrogens (tertiary/aromatic N) is 1. The van der Waals surface area contributed by atoms with Crippen LogP contribution in [0.25, 0.3) is 0 Å². The smallest absolute Gasteiger partial charge is 0.335 e. The molecule has 2 aromatic carbocycles. The number of esters is 1. The highest BCUT2D eigenvalue weighted by molar-refractivity contribution is 5.93. The summed E-state index contributed by atoms with van der Waals surface area (Å²) < 4.78 is 18.1. The van der Waals surface area contributed by atoms with Crippen molar-refractivity contribution in [3.63, 3.8) is 0 Å². The van der Waals surface area contributed by atoms with Crippen LogP contribution in [-0.4, -0.2) is 48.6 Å². The summed E-state index contributed by atoms with van der Waals surface area (Å²) in [4.78, 5) is 15.9. The van der Waals surface area contributed by atoms with Gasteiger partial charge < -0.3 is 19.5 Å². The Hall–Kier alpha value is -2.67. The molecule has 0 amide bonds. The number of benzene rings is 2. The Labute approximate surface area is 220 Å². The molecular weight excluding hydrogens is 464 g/mol. The van der Waals surface area contributed by atoms with Gasteiger partial charge in [0.1, 0.15) is 0 Å². The molecule has 1 spiro atoms. The Kier molecular flexibility index (Phi) is 5.98. The van der Waals surface area contributed by atoms with Crippen molar-refractivity contribution >= 4 is 11.7 Å². The maximum atomic E-state index is 13.3. The number of hydrogen-bond acceptors (Lipinski definition) is 6. The number of likely N-dealkylation sites (tertiary alicyclic amines) is 1. The van der Waals surface area contributed by atoms with E-state index in [1.165, 1.54) is 18.2 Å². The van der Waals surface area contributed by atoms with Crippen molar-refractivity contribution in [2.45, 2.75) is 75.8 Å². The van der Waals surface area contributed by atoms with Crippen molar-refractivity contribution in [2.24, 2.45) is 5.92 Å². The highest BCUT2D eigenvalue weighted by Gasteiger charge is 2.62. The van der Waals surface area contributed by atoms with Crippen molar-refractivity contribution in [1.82, 2.24) is 4.90 Å². The second-order valence-electron chi connectivity index (χ2n) is 11.6. The lowest BCUT2D eigenvalue weighted by atomic mass is 9.61. The Morgan fingerprint density at radius 2 is 1.89 bits per heavy atom. The zero-order chi connectivity index (χ0) is 25.8. The number of carbonyl (C=O) groups is 1. The number of nitrogens with one attached hydrogen (secondary N) is 1. The van der Waals surface area contributed by atoms with E-state index in [2.05, 4.69) is 71.7 Å². The van der Waals surface area contributed by atoms with E-state index in [1.807, 2.05) is 13.8 Å². The van der Waals surface area contributed by atoms with Crippen LogP contribution in [0.1, 0.15) is 57.6 Å². The lowest BCUT2D eigenvalue weighted by Crippen LogP contribution is -2.53. The molecule has 4 atom stereocenters. The van der Waals surface area contributed by atoms with Crippen LogP contribution in [0, 0.1) is 5.92 Å². The number of anilines is 1. The van der Waals surface area contributed by atoms with E-state index in [9.17, 15) is 4.79 Å². The number of hydrogen-bond donors (Lipinski definition) is 1. The number of methoxy groups -OCH3 is 1. The van der Waals surface area contributed by atoms with E-state index in [0.717, 1.165) is 49.3 Å². The van der Waals surface area contributed by atoms with Crippen LogP contribution in [0.15, 0.2) is 65.9 Å². The summed E-state index contributed by atoms with van der Waals surface area (Å²) in [5, 5.41) is 3.70. The molecule has 37 heavy (non-hydrogen) atoms. The standard InChI is InChI=1S/C31H38N2O4/c1-5-30(20-36-29(2,3)37-30)18-22-17-23(28(34)35-4)26-31(24-13-9-10-14-25(24)32-26)15-16-33(27(22)31)19-21-11-7-6-8-12-21/h6-14,22,27,32H,5,15-20H2,1-4H3/t22-,27+,30+,31+/m1/s1. The molecule has 6 nitrogen and oxygen atoms in total. The van der Waals surface area contributed by atoms with Crippen LogP contribution in [0.5, 0.6) is 0 Å². The largest absolute Gasteiger partial charge is 0.466 e. The Morgan fingerprint density at radius 1 is 1.14 bits per heavy atom. The average molecular weight is 503 g/mol. The Bertz CT molecular complexity index is 1220. The van der Waals surface area contributed by atoms with Crippen molar-refractivity contribution in [3.8, 4) is 0 Å². The molecule has 6 heteroatoms. The summed E-state index contributed by atoms with van der Waals surface area (Å²) in [6.07, 6.45) is 3.32. The first-order valence-electron chi connectivity index (χ1n) is 13.6. The number of rotatable bonds is 6.